The van der Waals surface area contributed by atoms with Crippen LogP contribution in [0.3, 0.4) is 0 Å². The van der Waals surface area contributed by atoms with Gasteiger partial charge in [0.25, 0.3) is 0 Å². The van der Waals surface area contributed by atoms with Gasteiger partial charge in [-0.05, 0) is 53.5 Å². The van der Waals surface area contributed by atoms with Gasteiger partial charge in [0.15, 0.2) is 0 Å². The average Bonchev–Trinajstić information content (AvgIpc) is 2.41. The Kier molecular flexibility index (Phi) is 7.50. The molecule has 0 aliphatic carbocycles. The maximum absolute atomic E-state index is 10.6. The number of aliphatic carboxylic acids is 1. The van der Waals surface area contributed by atoms with Crippen molar-refractivity contribution in [1.29, 1.82) is 0 Å². The third kappa shape index (κ3) is 5.85. The zero-order valence-electron chi connectivity index (χ0n) is 10.5. The molecule has 0 aliphatic heterocycles. The van der Waals surface area contributed by atoms with Crippen molar-refractivity contribution in [2.75, 3.05) is 0 Å². The molecule has 2 rings (SSSR count). The van der Waals surface area contributed by atoms with Gasteiger partial charge in [-0.25, -0.2) is 4.79 Å². The summed E-state index contributed by atoms with van der Waals surface area (Å²) in [6.07, 6.45) is 3.35. The topological polar surface area (TPSA) is 37.3 Å². The minimum atomic E-state index is -0.984. The third-order valence-corrected chi connectivity index (χ3v) is 3.31. The van der Waals surface area contributed by atoms with Crippen molar-refractivity contribution in [3.8, 4) is 0 Å². The summed E-state index contributed by atoms with van der Waals surface area (Å²) >= 11 is 11.8. The molecule has 2 aromatic rings. The van der Waals surface area contributed by atoms with Crippen LogP contribution in [0.1, 0.15) is 16.7 Å². The molecule has 21 heavy (non-hydrogen) atoms. The van der Waals surface area contributed by atoms with Crippen LogP contribution in [0, 0.1) is 0 Å². The zero-order chi connectivity index (χ0) is 14.5. The summed E-state index contributed by atoms with van der Waals surface area (Å²) in [7, 11) is 0. The summed E-state index contributed by atoms with van der Waals surface area (Å²) in [6.45, 7) is 0. The average molecular weight is 331 g/mol. The Morgan fingerprint density at radius 3 is 2.29 bits per heavy atom. The number of halogens is 2. The normalized spacial score (nSPS) is 10.4. The molecule has 0 aromatic heterocycles. The fourth-order valence-electron chi connectivity index (χ4n) is 1.87. The van der Waals surface area contributed by atoms with Gasteiger partial charge in [-0.1, -0.05) is 41.4 Å². The van der Waals surface area contributed by atoms with E-state index in [9.17, 15) is 4.79 Å². The number of rotatable bonds is 4. The second-order valence-electron chi connectivity index (χ2n) is 4.32. The van der Waals surface area contributed by atoms with E-state index in [0.29, 0.717) is 16.5 Å². The van der Waals surface area contributed by atoms with Crippen LogP contribution >= 0.6 is 23.2 Å². The van der Waals surface area contributed by atoms with E-state index >= 15 is 0 Å². The Balaban J connectivity index is 0.00000220. The number of carbonyl (C=O) groups is 1. The van der Waals surface area contributed by atoms with Crippen LogP contribution in [0.2, 0.25) is 10.0 Å². The van der Waals surface area contributed by atoms with E-state index in [1.165, 1.54) is 0 Å². The molecule has 0 unspecified atom stereocenters. The predicted molar refractivity (Wildman–Crippen MR) is 89.5 cm³/mol. The van der Waals surface area contributed by atoms with Gasteiger partial charge in [0.2, 0.25) is 0 Å². The van der Waals surface area contributed by atoms with E-state index < -0.39 is 5.97 Å². The molecule has 0 amide bonds. The molecule has 0 atom stereocenters. The summed E-state index contributed by atoms with van der Waals surface area (Å²) in [5, 5.41) is 9.99. The molecule has 0 fully saturated rings. The minimum absolute atomic E-state index is 0. The van der Waals surface area contributed by atoms with Crippen LogP contribution in [0.5, 0.6) is 0 Å². The van der Waals surface area contributed by atoms with E-state index in [0.717, 1.165) is 22.8 Å². The van der Waals surface area contributed by atoms with Crippen molar-refractivity contribution >= 4 is 64.8 Å². The van der Waals surface area contributed by atoms with Gasteiger partial charge in [-0.3, -0.25) is 0 Å². The van der Waals surface area contributed by atoms with E-state index in [1.54, 1.807) is 18.2 Å². The van der Waals surface area contributed by atoms with Crippen LogP contribution in [-0.2, 0) is 11.2 Å². The van der Waals surface area contributed by atoms with E-state index in [4.69, 9.17) is 28.3 Å². The Morgan fingerprint density at radius 2 is 1.67 bits per heavy atom. The Morgan fingerprint density at radius 1 is 1.05 bits per heavy atom. The Bertz CT molecular complexity index is 652. The number of hydrogen-bond acceptors (Lipinski definition) is 1. The molecule has 0 radical (unpaired) electrons. The number of carboxylic acids is 1. The molecule has 0 aliphatic rings. The van der Waals surface area contributed by atoms with Crippen molar-refractivity contribution in [1.82, 2.24) is 0 Å². The predicted octanol–water partition coefficient (Wildman–Crippen LogP) is 4.03. The molecule has 0 heterocycles. The molecule has 0 bridgehead atoms. The SMILES string of the molecule is O=C(O)/C=C/c1cc(Cl)ccc1Cc1ccc(Cl)cc1.[NaH]. The van der Waals surface area contributed by atoms with Crippen LogP contribution in [0.15, 0.2) is 48.5 Å². The molecule has 2 nitrogen and oxygen atoms in total. The van der Waals surface area contributed by atoms with Gasteiger partial charge in [0.1, 0.15) is 0 Å². The molecule has 0 spiro atoms. The quantitative estimate of drug-likeness (QED) is 0.678. The maximum atomic E-state index is 10.6. The van der Waals surface area contributed by atoms with Crippen LogP contribution in [0.4, 0.5) is 0 Å². The van der Waals surface area contributed by atoms with Crippen LogP contribution < -0.4 is 0 Å². The van der Waals surface area contributed by atoms with Crippen molar-refractivity contribution in [3.05, 3.63) is 75.3 Å². The fraction of sp³-hybridized carbons (Fsp3) is 0.0625. The molecular weight excluding hydrogens is 318 g/mol. The first-order valence-electron chi connectivity index (χ1n) is 5.98. The first-order valence-corrected chi connectivity index (χ1v) is 6.74. The van der Waals surface area contributed by atoms with E-state index in [-0.39, 0.29) is 29.6 Å². The molecule has 0 saturated heterocycles. The summed E-state index contributed by atoms with van der Waals surface area (Å²) in [6, 6.07) is 13.0. The van der Waals surface area contributed by atoms with E-state index in [1.807, 2.05) is 30.3 Å². The summed E-state index contributed by atoms with van der Waals surface area (Å²) in [5.41, 5.74) is 2.91. The molecule has 0 saturated carbocycles. The van der Waals surface area contributed by atoms with Crippen molar-refractivity contribution < 1.29 is 9.90 Å². The van der Waals surface area contributed by atoms with Gasteiger partial charge in [0, 0.05) is 16.1 Å². The number of benzene rings is 2. The van der Waals surface area contributed by atoms with Crippen molar-refractivity contribution in [3.63, 3.8) is 0 Å². The van der Waals surface area contributed by atoms with Gasteiger partial charge in [-0.15, -0.1) is 0 Å². The third-order valence-electron chi connectivity index (χ3n) is 2.82. The Hall–Kier alpha value is -0.770. The van der Waals surface area contributed by atoms with Crippen molar-refractivity contribution in [2.24, 2.45) is 0 Å². The molecular formula is C16H13Cl2NaO2. The van der Waals surface area contributed by atoms with Gasteiger partial charge in [-0.2, -0.15) is 0 Å². The summed E-state index contributed by atoms with van der Waals surface area (Å²) in [5.74, 6) is -0.984. The fourth-order valence-corrected chi connectivity index (χ4v) is 2.17. The standard InChI is InChI=1S/C16H12Cl2O2.Na.H/c17-14-5-1-11(2-6-14)9-12-3-7-15(18)10-13(12)4-8-16(19)20;;/h1-8,10H,9H2,(H,19,20);;/b8-4+;;. The molecule has 2 aromatic carbocycles. The van der Waals surface area contributed by atoms with Crippen LogP contribution in [0.25, 0.3) is 6.08 Å². The summed E-state index contributed by atoms with van der Waals surface area (Å²) < 4.78 is 0. The molecule has 1 N–H and O–H groups in total. The summed E-state index contributed by atoms with van der Waals surface area (Å²) in [4.78, 5) is 10.6. The second-order valence-corrected chi connectivity index (χ2v) is 5.19. The molecule has 5 heteroatoms. The first kappa shape index (κ1) is 18.3. The van der Waals surface area contributed by atoms with Gasteiger partial charge in [0.05, 0.1) is 0 Å². The molecule has 104 valence electrons. The Labute approximate surface area is 155 Å². The zero-order valence-corrected chi connectivity index (χ0v) is 12.0. The van der Waals surface area contributed by atoms with E-state index in [2.05, 4.69) is 0 Å². The van der Waals surface area contributed by atoms with Crippen LogP contribution in [-0.4, -0.2) is 40.6 Å². The van der Waals surface area contributed by atoms with Gasteiger partial charge < -0.3 is 5.11 Å². The van der Waals surface area contributed by atoms with Gasteiger partial charge >= 0.3 is 35.5 Å². The van der Waals surface area contributed by atoms with Crippen molar-refractivity contribution in [2.45, 2.75) is 6.42 Å². The second kappa shape index (κ2) is 8.62. The first-order chi connectivity index (χ1) is 9.54. The number of hydrogen-bond donors (Lipinski definition) is 1. The monoisotopic (exact) mass is 330 g/mol. The number of carboxylic acid groups (broad SMARTS) is 1.